The lowest BCUT2D eigenvalue weighted by atomic mass is 10.1. The molecule has 92 valence electrons. The van der Waals surface area contributed by atoms with Crippen LogP contribution in [0.1, 0.15) is 31.9 Å². The molecule has 1 heterocycles. The summed E-state index contributed by atoms with van der Waals surface area (Å²) >= 11 is 0. The number of hydrogen-bond acceptors (Lipinski definition) is 2. The van der Waals surface area contributed by atoms with Gasteiger partial charge in [-0.05, 0) is 37.1 Å². The first-order chi connectivity index (χ1) is 8.19. The van der Waals surface area contributed by atoms with Crippen molar-refractivity contribution < 1.29 is 13.9 Å². The van der Waals surface area contributed by atoms with Gasteiger partial charge in [0.25, 0.3) is 0 Å². The zero-order chi connectivity index (χ0) is 12.3. The van der Waals surface area contributed by atoms with Gasteiger partial charge in [-0.2, -0.15) is 0 Å². The molecule has 0 fully saturated rings. The van der Waals surface area contributed by atoms with Crippen LogP contribution >= 0.6 is 0 Å². The van der Waals surface area contributed by atoms with E-state index in [4.69, 9.17) is 4.42 Å². The van der Waals surface area contributed by atoms with Crippen LogP contribution in [0, 0.1) is 5.82 Å². The van der Waals surface area contributed by atoms with E-state index in [9.17, 15) is 9.50 Å². The first-order valence-electron chi connectivity index (χ1n) is 6.05. The lowest BCUT2D eigenvalue weighted by molar-refractivity contribution is 0.152. The fourth-order valence-electron chi connectivity index (χ4n) is 1.98. The molecule has 0 aliphatic rings. The van der Waals surface area contributed by atoms with Crippen molar-refractivity contribution in [1.82, 2.24) is 0 Å². The minimum atomic E-state index is -0.273. The Kier molecular flexibility index (Phi) is 3.79. The molecular weight excluding hydrogens is 219 g/mol. The van der Waals surface area contributed by atoms with Crippen LogP contribution < -0.4 is 0 Å². The summed E-state index contributed by atoms with van der Waals surface area (Å²) in [7, 11) is 0. The molecule has 1 aromatic carbocycles. The monoisotopic (exact) mass is 236 g/mol. The Morgan fingerprint density at radius 1 is 1.29 bits per heavy atom. The summed E-state index contributed by atoms with van der Waals surface area (Å²) in [5, 5.41) is 10.4. The van der Waals surface area contributed by atoms with Gasteiger partial charge in [0.05, 0.1) is 6.10 Å². The lowest BCUT2D eigenvalue weighted by Crippen LogP contribution is -2.06. The number of furan rings is 1. The molecule has 1 unspecified atom stereocenters. The minimum Gasteiger partial charge on any atom is -0.461 e. The first kappa shape index (κ1) is 12.1. The van der Waals surface area contributed by atoms with Gasteiger partial charge in [0, 0.05) is 11.8 Å². The van der Waals surface area contributed by atoms with E-state index < -0.39 is 0 Å². The molecule has 0 radical (unpaired) electrons. The van der Waals surface area contributed by atoms with Crippen molar-refractivity contribution in [2.45, 2.75) is 38.7 Å². The highest BCUT2D eigenvalue weighted by atomic mass is 19.1. The maximum atomic E-state index is 13.0. The second kappa shape index (κ2) is 5.32. The van der Waals surface area contributed by atoms with Crippen LogP contribution in [0.5, 0.6) is 0 Å². The van der Waals surface area contributed by atoms with Crippen LogP contribution in [0.25, 0.3) is 11.0 Å². The zero-order valence-corrected chi connectivity index (χ0v) is 9.95. The number of fused-ring (bicyclic) bond motifs is 1. The molecule has 0 amide bonds. The van der Waals surface area contributed by atoms with Crippen LogP contribution in [0.3, 0.4) is 0 Å². The van der Waals surface area contributed by atoms with Gasteiger partial charge in [-0.15, -0.1) is 0 Å². The molecule has 3 heteroatoms. The van der Waals surface area contributed by atoms with E-state index in [1.807, 2.05) is 13.0 Å². The van der Waals surface area contributed by atoms with E-state index >= 15 is 0 Å². The van der Waals surface area contributed by atoms with Crippen molar-refractivity contribution >= 4 is 11.0 Å². The Bertz CT molecular complexity index is 490. The summed E-state index contributed by atoms with van der Waals surface area (Å²) in [6.45, 7) is 2.05. The quantitative estimate of drug-likeness (QED) is 0.859. The van der Waals surface area contributed by atoms with Crippen LogP contribution in [0.4, 0.5) is 4.39 Å². The van der Waals surface area contributed by atoms with Crippen molar-refractivity contribution in [3.63, 3.8) is 0 Å². The van der Waals surface area contributed by atoms with Crippen LogP contribution in [0.15, 0.2) is 28.7 Å². The van der Waals surface area contributed by atoms with Crippen molar-refractivity contribution in [2.75, 3.05) is 0 Å². The molecule has 0 aliphatic heterocycles. The van der Waals surface area contributed by atoms with E-state index in [-0.39, 0.29) is 11.9 Å². The predicted molar refractivity (Wildman–Crippen MR) is 65.4 cm³/mol. The van der Waals surface area contributed by atoms with E-state index in [1.165, 1.54) is 12.1 Å². The van der Waals surface area contributed by atoms with E-state index in [2.05, 4.69) is 0 Å². The minimum absolute atomic E-state index is 0.254. The first-order valence-corrected chi connectivity index (χ1v) is 6.05. The normalized spacial score (nSPS) is 13.1. The van der Waals surface area contributed by atoms with Gasteiger partial charge in [-0.25, -0.2) is 4.39 Å². The Labute approximate surface area is 100 Å². The molecule has 0 spiro atoms. The van der Waals surface area contributed by atoms with Crippen LogP contribution in [-0.4, -0.2) is 11.2 Å². The second-order valence-electron chi connectivity index (χ2n) is 4.38. The molecule has 1 aromatic heterocycles. The number of benzene rings is 1. The summed E-state index contributed by atoms with van der Waals surface area (Å²) < 4.78 is 18.6. The SMILES string of the molecule is CCCC(O)CCc1cc2cc(F)ccc2o1. The zero-order valence-electron chi connectivity index (χ0n) is 9.95. The third kappa shape index (κ3) is 3.07. The van der Waals surface area contributed by atoms with E-state index in [0.717, 1.165) is 24.0 Å². The molecule has 2 aromatic rings. The highest BCUT2D eigenvalue weighted by Crippen LogP contribution is 2.21. The summed E-state index contributed by atoms with van der Waals surface area (Å²) in [4.78, 5) is 0. The van der Waals surface area contributed by atoms with Gasteiger partial charge in [0.15, 0.2) is 0 Å². The third-order valence-electron chi connectivity index (χ3n) is 2.88. The van der Waals surface area contributed by atoms with Crippen molar-refractivity contribution in [3.05, 3.63) is 35.8 Å². The lowest BCUT2D eigenvalue weighted by Gasteiger charge is -2.06. The standard InChI is InChI=1S/C14H17FO2/c1-2-3-12(16)5-6-13-9-10-8-11(15)4-7-14(10)17-13/h4,7-9,12,16H,2-3,5-6H2,1H3. The number of aryl methyl sites for hydroxylation is 1. The number of rotatable bonds is 5. The van der Waals surface area contributed by atoms with Gasteiger partial charge in [-0.1, -0.05) is 13.3 Å². The Balaban J connectivity index is 2.04. The Hall–Kier alpha value is -1.35. The van der Waals surface area contributed by atoms with E-state index in [1.54, 1.807) is 6.07 Å². The summed E-state index contributed by atoms with van der Waals surface area (Å²) in [5.74, 6) is 0.552. The summed E-state index contributed by atoms with van der Waals surface area (Å²) in [6.07, 6.45) is 2.90. The molecule has 2 rings (SSSR count). The maximum Gasteiger partial charge on any atom is 0.134 e. The van der Waals surface area contributed by atoms with Crippen LogP contribution in [0.2, 0.25) is 0 Å². The second-order valence-corrected chi connectivity index (χ2v) is 4.38. The van der Waals surface area contributed by atoms with Gasteiger partial charge >= 0.3 is 0 Å². The van der Waals surface area contributed by atoms with Crippen molar-refractivity contribution in [1.29, 1.82) is 0 Å². The van der Waals surface area contributed by atoms with Gasteiger partial charge in [-0.3, -0.25) is 0 Å². The molecule has 0 bridgehead atoms. The fraction of sp³-hybridized carbons (Fsp3) is 0.429. The van der Waals surface area contributed by atoms with Gasteiger partial charge in [0.2, 0.25) is 0 Å². The number of halogens is 1. The Morgan fingerprint density at radius 2 is 2.12 bits per heavy atom. The molecule has 17 heavy (non-hydrogen) atoms. The summed E-state index contributed by atoms with van der Waals surface area (Å²) in [6, 6.07) is 6.33. The summed E-state index contributed by atoms with van der Waals surface area (Å²) in [5.41, 5.74) is 0.700. The smallest absolute Gasteiger partial charge is 0.134 e. The molecule has 0 aliphatic carbocycles. The maximum absolute atomic E-state index is 13.0. The average Bonchev–Trinajstić information content (AvgIpc) is 2.68. The number of aliphatic hydroxyl groups excluding tert-OH is 1. The highest BCUT2D eigenvalue weighted by molar-refractivity contribution is 5.77. The third-order valence-corrected chi connectivity index (χ3v) is 2.88. The topological polar surface area (TPSA) is 33.4 Å². The molecule has 1 N–H and O–H groups in total. The molecular formula is C14H17FO2. The van der Waals surface area contributed by atoms with Gasteiger partial charge < -0.3 is 9.52 Å². The van der Waals surface area contributed by atoms with Crippen molar-refractivity contribution in [2.24, 2.45) is 0 Å². The Morgan fingerprint density at radius 3 is 2.88 bits per heavy atom. The van der Waals surface area contributed by atoms with Crippen molar-refractivity contribution in [3.8, 4) is 0 Å². The largest absolute Gasteiger partial charge is 0.461 e. The van der Waals surface area contributed by atoms with E-state index in [0.29, 0.717) is 18.4 Å². The average molecular weight is 236 g/mol. The highest BCUT2D eigenvalue weighted by Gasteiger charge is 2.08. The van der Waals surface area contributed by atoms with Crippen LogP contribution in [-0.2, 0) is 6.42 Å². The number of aliphatic hydroxyl groups is 1. The van der Waals surface area contributed by atoms with Gasteiger partial charge in [0.1, 0.15) is 17.2 Å². The molecule has 0 saturated heterocycles. The predicted octanol–water partition coefficient (Wildman–Crippen LogP) is 3.67. The molecule has 0 saturated carbocycles. The number of hydrogen-bond donors (Lipinski definition) is 1. The molecule has 1 atom stereocenters. The molecule has 2 nitrogen and oxygen atoms in total. The fourth-order valence-corrected chi connectivity index (χ4v) is 1.98.